The number of hydrogen-bond acceptors (Lipinski definition) is 4. The number of rotatable bonds is 4. The Morgan fingerprint density at radius 1 is 1.37 bits per heavy atom. The monoisotopic (exact) mass is 275 g/mol. The molecule has 3 N–H and O–H groups in total. The van der Waals surface area contributed by atoms with Crippen LogP contribution in [0.25, 0.3) is 0 Å². The van der Waals surface area contributed by atoms with Crippen LogP contribution in [0.5, 0.6) is 0 Å². The van der Waals surface area contributed by atoms with Gasteiger partial charge in [0.05, 0.1) is 5.69 Å². The van der Waals surface area contributed by atoms with E-state index >= 15 is 0 Å². The molecule has 0 bridgehead atoms. The van der Waals surface area contributed by atoms with Crippen LogP contribution in [0.1, 0.15) is 5.56 Å². The molecule has 1 fully saturated rings. The zero-order valence-corrected chi connectivity index (χ0v) is 9.76. The lowest BCUT2D eigenvalue weighted by Crippen LogP contribution is -2.32. The fourth-order valence-electron chi connectivity index (χ4n) is 1.68. The summed E-state index contributed by atoms with van der Waals surface area (Å²) < 4.78 is 37.0. The fourth-order valence-corrected chi connectivity index (χ4v) is 1.68. The normalized spacial score (nSPS) is 20.2. The Hall–Kier alpha value is -1.80. The Kier molecular flexibility index (Phi) is 3.38. The molecule has 2 atom stereocenters. The first kappa shape index (κ1) is 13.6. The summed E-state index contributed by atoms with van der Waals surface area (Å²) in [6.45, 7) is -0.197. The zero-order valence-electron chi connectivity index (χ0n) is 9.76. The smallest absolute Gasteiger partial charge is 0.479 e. The summed E-state index contributed by atoms with van der Waals surface area (Å²) in [6, 6.07) is 5.15. The fraction of sp³-hybridized carbons (Fsp3) is 0.364. The lowest BCUT2D eigenvalue weighted by Gasteiger charge is -2.10. The minimum Gasteiger partial charge on any atom is -0.480 e. The van der Waals surface area contributed by atoms with E-state index in [1.165, 1.54) is 12.1 Å². The first-order chi connectivity index (χ1) is 8.79. The molecule has 104 valence electrons. The second-order valence-corrected chi connectivity index (χ2v) is 4.22. The van der Waals surface area contributed by atoms with Crippen molar-refractivity contribution < 1.29 is 23.1 Å². The van der Waals surface area contributed by atoms with Crippen LogP contribution >= 0.6 is 0 Å². The minimum absolute atomic E-state index is 0.137. The summed E-state index contributed by atoms with van der Waals surface area (Å²) in [5, 5.41) is 9.99. The molecule has 1 aromatic rings. The van der Waals surface area contributed by atoms with Gasteiger partial charge in [-0.1, -0.05) is 12.1 Å². The van der Waals surface area contributed by atoms with Crippen LogP contribution in [0.2, 0.25) is 0 Å². The Bertz CT molecular complexity index is 475. The second kappa shape index (κ2) is 4.71. The summed E-state index contributed by atoms with van der Waals surface area (Å²) in [7, 11) is 0. The largest absolute Gasteiger partial charge is 0.480 e. The van der Waals surface area contributed by atoms with Crippen LogP contribution in [0.3, 0.4) is 0 Å². The molecule has 19 heavy (non-hydrogen) atoms. The van der Waals surface area contributed by atoms with Gasteiger partial charge in [0.15, 0.2) is 0 Å². The minimum atomic E-state index is -4.37. The molecule has 0 amide bonds. The van der Waals surface area contributed by atoms with Crippen molar-refractivity contribution in [3.05, 3.63) is 29.8 Å². The summed E-state index contributed by atoms with van der Waals surface area (Å²) >= 11 is 0. The average Bonchev–Trinajstić information content (AvgIpc) is 3.09. The maximum atomic E-state index is 12.3. The molecule has 5 nitrogen and oxygen atoms in total. The standard InChI is InChI=1S/C11H12F3N3O2/c12-11(13,14)17-6-16(17)8-3-1-7(2-4-8)5-9(15)10(18)19/h1-4,9H,5-6,15H2,(H,18,19)/t9-,16?,17?/m0/s1. The van der Waals surface area contributed by atoms with Gasteiger partial charge in [0.1, 0.15) is 12.7 Å². The third-order valence-corrected chi connectivity index (χ3v) is 2.77. The molecule has 1 heterocycles. The molecule has 0 aliphatic carbocycles. The molecule has 8 heteroatoms. The van der Waals surface area contributed by atoms with E-state index in [1.54, 1.807) is 12.1 Å². The van der Waals surface area contributed by atoms with Crippen LogP contribution < -0.4 is 10.7 Å². The van der Waals surface area contributed by atoms with E-state index in [2.05, 4.69) is 0 Å². The summed E-state index contributed by atoms with van der Waals surface area (Å²) in [4.78, 5) is 10.6. The van der Waals surface area contributed by atoms with E-state index < -0.39 is 18.3 Å². The highest BCUT2D eigenvalue weighted by molar-refractivity contribution is 5.73. The molecule has 0 spiro atoms. The molecule has 2 rings (SSSR count). The Labute approximate surface area is 107 Å². The van der Waals surface area contributed by atoms with Crippen molar-refractivity contribution in [3.8, 4) is 0 Å². The van der Waals surface area contributed by atoms with E-state index in [0.29, 0.717) is 11.3 Å². The van der Waals surface area contributed by atoms with Crippen molar-refractivity contribution in [2.45, 2.75) is 18.8 Å². The van der Waals surface area contributed by atoms with E-state index in [0.717, 1.165) is 5.01 Å². The molecule has 0 saturated carbocycles. The molecule has 1 aliphatic heterocycles. The zero-order chi connectivity index (χ0) is 14.2. The molecular weight excluding hydrogens is 263 g/mol. The molecular formula is C11H12F3N3O2. The molecule has 1 aliphatic rings. The third kappa shape index (κ3) is 3.15. The number of hydrazine groups is 1. The van der Waals surface area contributed by atoms with E-state index in [-0.39, 0.29) is 18.1 Å². The number of nitrogens with two attached hydrogens (primary N) is 1. The highest BCUT2D eigenvalue weighted by Gasteiger charge is 2.52. The number of carbonyl (C=O) groups is 1. The maximum Gasteiger partial charge on any atom is 0.479 e. The summed E-state index contributed by atoms with van der Waals surface area (Å²) in [5.41, 5.74) is 6.44. The molecule has 1 aromatic carbocycles. The van der Waals surface area contributed by atoms with Crippen LogP contribution in [0.4, 0.5) is 18.9 Å². The van der Waals surface area contributed by atoms with Gasteiger partial charge >= 0.3 is 12.3 Å². The van der Waals surface area contributed by atoms with Crippen LogP contribution in [0.15, 0.2) is 24.3 Å². The van der Waals surface area contributed by atoms with Crippen molar-refractivity contribution in [1.29, 1.82) is 0 Å². The van der Waals surface area contributed by atoms with Gasteiger partial charge in [-0.15, -0.1) is 5.01 Å². The van der Waals surface area contributed by atoms with E-state index in [9.17, 15) is 18.0 Å². The molecule has 0 aromatic heterocycles. The number of nitrogens with zero attached hydrogens (tertiary/aromatic N) is 2. The highest BCUT2D eigenvalue weighted by atomic mass is 19.4. The van der Waals surface area contributed by atoms with Crippen molar-refractivity contribution >= 4 is 11.7 Å². The molecule has 1 saturated heterocycles. The van der Waals surface area contributed by atoms with Crippen molar-refractivity contribution in [3.63, 3.8) is 0 Å². The number of benzene rings is 1. The van der Waals surface area contributed by atoms with Gasteiger partial charge in [-0.3, -0.25) is 9.80 Å². The average molecular weight is 275 g/mol. The predicted octanol–water partition coefficient (Wildman–Crippen LogP) is 1.16. The van der Waals surface area contributed by atoms with E-state index in [1.807, 2.05) is 0 Å². The lowest BCUT2D eigenvalue weighted by atomic mass is 10.1. The molecule has 0 radical (unpaired) electrons. The first-order valence-corrected chi connectivity index (χ1v) is 5.48. The summed E-state index contributed by atoms with van der Waals surface area (Å²) in [6.07, 6.45) is -4.23. The van der Waals surface area contributed by atoms with Crippen molar-refractivity contribution in [2.75, 3.05) is 11.7 Å². The van der Waals surface area contributed by atoms with Gasteiger partial charge in [-0.2, -0.15) is 13.2 Å². The van der Waals surface area contributed by atoms with Gasteiger partial charge in [0, 0.05) is 0 Å². The number of carboxylic acid groups (broad SMARTS) is 1. The topological polar surface area (TPSA) is 69.3 Å². The van der Waals surface area contributed by atoms with Gasteiger partial charge in [0.25, 0.3) is 0 Å². The summed E-state index contributed by atoms with van der Waals surface area (Å²) in [5.74, 6) is -1.11. The quantitative estimate of drug-likeness (QED) is 0.637. The number of halogens is 3. The Morgan fingerprint density at radius 3 is 2.37 bits per heavy atom. The molecule has 1 unspecified atom stereocenters. The van der Waals surface area contributed by atoms with Gasteiger partial charge in [0.2, 0.25) is 0 Å². The maximum absolute atomic E-state index is 12.3. The second-order valence-electron chi connectivity index (χ2n) is 4.22. The van der Waals surface area contributed by atoms with Crippen LogP contribution in [-0.2, 0) is 11.2 Å². The number of carboxylic acids is 1. The Morgan fingerprint density at radius 2 is 1.95 bits per heavy atom. The van der Waals surface area contributed by atoms with Crippen molar-refractivity contribution in [1.82, 2.24) is 5.01 Å². The number of hydrogen-bond donors (Lipinski definition) is 2. The number of alkyl halides is 3. The lowest BCUT2D eigenvalue weighted by molar-refractivity contribution is -0.205. The van der Waals surface area contributed by atoms with Crippen LogP contribution in [-0.4, -0.2) is 35.1 Å². The third-order valence-electron chi connectivity index (χ3n) is 2.77. The van der Waals surface area contributed by atoms with Gasteiger partial charge < -0.3 is 10.8 Å². The SMILES string of the molecule is N[C@@H](Cc1ccc(N2CN2C(F)(F)F)cc1)C(=O)O. The van der Waals surface area contributed by atoms with Crippen molar-refractivity contribution in [2.24, 2.45) is 5.73 Å². The van der Waals surface area contributed by atoms with Gasteiger partial charge in [-0.25, -0.2) is 0 Å². The van der Waals surface area contributed by atoms with E-state index in [4.69, 9.17) is 10.8 Å². The van der Waals surface area contributed by atoms with Gasteiger partial charge in [-0.05, 0) is 24.1 Å². The first-order valence-electron chi connectivity index (χ1n) is 5.48. The highest BCUT2D eigenvalue weighted by Crippen LogP contribution is 2.36. The Balaban J connectivity index is 1.99. The predicted molar refractivity (Wildman–Crippen MR) is 61.0 cm³/mol. The van der Waals surface area contributed by atoms with Crippen LogP contribution in [0, 0.1) is 0 Å². The number of anilines is 1. The number of aliphatic carboxylic acids is 1.